The summed E-state index contributed by atoms with van der Waals surface area (Å²) in [6.45, 7) is 6.49. The number of hydrogen-bond donors (Lipinski definition) is 2. The SMILES string of the molecule is CCOC(=O)[C@H]1C[NH2+]CC[C@@H]1[NH2+][C@@H](C)c1ccccc1.[Cl-].[Cl-]. The third-order valence-electron chi connectivity index (χ3n) is 4.09. The number of quaternary nitrogens is 2. The van der Waals surface area contributed by atoms with E-state index >= 15 is 0 Å². The molecule has 1 aromatic carbocycles. The van der Waals surface area contributed by atoms with Crippen LogP contribution in [0.5, 0.6) is 0 Å². The molecule has 0 aliphatic carbocycles. The summed E-state index contributed by atoms with van der Waals surface area (Å²) in [5, 5.41) is 4.56. The van der Waals surface area contributed by atoms with E-state index in [0.29, 0.717) is 18.7 Å². The molecule has 1 saturated heterocycles. The Morgan fingerprint density at radius 2 is 2.05 bits per heavy atom. The van der Waals surface area contributed by atoms with Crippen LogP contribution < -0.4 is 35.4 Å². The molecule has 0 spiro atoms. The van der Waals surface area contributed by atoms with Crippen LogP contribution >= 0.6 is 0 Å². The lowest BCUT2D eigenvalue weighted by Crippen LogP contribution is -3.00. The quantitative estimate of drug-likeness (QED) is 0.520. The maximum absolute atomic E-state index is 12.1. The van der Waals surface area contributed by atoms with E-state index in [-0.39, 0.29) is 36.7 Å². The van der Waals surface area contributed by atoms with Gasteiger partial charge in [0.05, 0.1) is 19.7 Å². The fourth-order valence-electron chi connectivity index (χ4n) is 2.97. The van der Waals surface area contributed by atoms with Crippen molar-refractivity contribution in [3.8, 4) is 0 Å². The van der Waals surface area contributed by atoms with Crippen molar-refractivity contribution in [3.05, 3.63) is 35.9 Å². The molecule has 1 aromatic rings. The number of ether oxygens (including phenoxy) is 1. The second-order valence-electron chi connectivity index (χ2n) is 5.52. The molecule has 0 saturated carbocycles. The average Bonchev–Trinajstić information content (AvgIpc) is 2.49. The number of hydrogen-bond acceptors (Lipinski definition) is 2. The molecular weight excluding hydrogens is 323 g/mol. The molecule has 0 aromatic heterocycles. The Hall–Kier alpha value is -0.810. The summed E-state index contributed by atoms with van der Waals surface area (Å²) < 4.78 is 5.22. The average molecular weight is 349 g/mol. The van der Waals surface area contributed by atoms with Crippen LogP contribution in [0.1, 0.15) is 31.9 Å². The molecule has 0 bridgehead atoms. The van der Waals surface area contributed by atoms with Crippen molar-refractivity contribution in [2.45, 2.75) is 32.4 Å². The maximum atomic E-state index is 12.1. The zero-order valence-electron chi connectivity index (χ0n) is 13.2. The van der Waals surface area contributed by atoms with E-state index in [1.54, 1.807) is 0 Å². The number of rotatable bonds is 5. The van der Waals surface area contributed by atoms with E-state index in [4.69, 9.17) is 4.74 Å². The van der Waals surface area contributed by atoms with Gasteiger partial charge in [0.2, 0.25) is 0 Å². The summed E-state index contributed by atoms with van der Waals surface area (Å²) in [5.41, 5.74) is 1.31. The Kier molecular flexibility index (Phi) is 10.4. The van der Waals surface area contributed by atoms with Crippen LogP contribution in [0.4, 0.5) is 0 Å². The van der Waals surface area contributed by atoms with Crippen LogP contribution in [0, 0.1) is 5.92 Å². The number of piperidine rings is 1. The number of esters is 1. The molecule has 6 heteroatoms. The highest BCUT2D eigenvalue weighted by Crippen LogP contribution is 2.11. The van der Waals surface area contributed by atoms with Crippen molar-refractivity contribution >= 4 is 5.97 Å². The summed E-state index contributed by atoms with van der Waals surface area (Å²) in [5.74, 6) is -0.0279. The third kappa shape index (κ3) is 5.76. The van der Waals surface area contributed by atoms with Crippen LogP contribution in [-0.4, -0.2) is 31.7 Å². The summed E-state index contributed by atoms with van der Waals surface area (Å²) in [4.78, 5) is 12.1. The van der Waals surface area contributed by atoms with Crippen molar-refractivity contribution in [2.24, 2.45) is 5.92 Å². The van der Waals surface area contributed by atoms with Crippen molar-refractivity contribution in [1.82, 2.24) is 0 Å². The highest BCUT2D eigenvalue weighted by molar-refractivity contribution is 5.73. The molecule has 2 rings (SSSR count). The Morgan fingerprint density at radius 1 is 1.36 bits per heavy atom. The van der Waals surface area contributed by atoms with Gasteiger partial charge in [-0.1, -0.05) is 30.3 Å². The zero-order chi connectivity index (χ0) is 14.4. The highest BCUT2D eigenvalue weighted by atomic mass is 35.5. The molecule has 0 unspecified atom stereocenters. The minimum absolute atomic E-state index is 0. The number of benzene rings is 1. The Bertz CT molecular complexity index is 431. The van der Waals surface area contributed by atoms with E-state index in [1.807, 2.05) is 13.0 Å². The van der Waals surface area contributed by atoms with Crippen molar-refractivity contribution in [1.29, 1.82) is 0 Å². The van der Waals surface area contributed by atoms with Gasteiger partial charge < -0.3 is 40.2 Å². The molecule has 126 valence electrons. The number of halogens is 2. The molecule has 0 amide bonds. The van der Waals surface area contributed by atoms with Gasteiger partial charge in [0, 0.05) is 12.0 Å². The fraction of sp³-hybridized carbons (Fsp3) is 0.562. The molecule has 0 radical (unpaired) electrons. The van der Waals surface area contributed by atoms with Crippen LogP contribution in [0.15, 0.2) is 30.3 Å². The second-order valence-corrected chi connectivity index (χ2v) is 5.52. The predicted octanol–water partition coefficient (Wildman–Crippen LogP) is -6.17. The molecule has 22 heavy (non-hydrogen) atoms. The van der Waals surface area contributed by atoms with Crippen LogP contribution in [0.25, 0.3) is 0 Å². The van der Waals surface area contributed by atoms with Gasteiger partial charge in [-0.3, -0.25) is 4.79 Å². The van der Waals surface area contributed by atoms with Gasteiger partial charge in [0.15, 0.2) is 5.92 Å². The van der Waals surface area contributed by atoms with Crippen molar-refractivity contribution in [2.75, 3.05) is 19.7 Å². The smallest absolute Gasteiger partial charge is 0.320 e. The number of carbonyl (C=O) groups excluding carboxylic acids is 1. The molecule has 1 heterocycles. The van der Waals surface area contributed by atoms with Gasteiger partial charge in [-0.05, 0) is 13.8 Å². The molecule has 4 N–H and O–H groups in total. The van der Waals surface area contributed by atoms with Gasteiger partial charge >= 0.3 is 5.97 Å². The minimum atomic E-state index is -0.0371. The van der Waals surface area contributed by atoms with E-state index in [1.165, 1.54) is 5.56 Å². The summed E-state index contributed by atoms with van der Waals surface area (Å²) >= 11 is 0. The molecule has 1 aliphatic heterocycles. The lowest BCUT2D eigenvalue weighted by atomic mass is 9.92. The summed E-state index contributed by atoms with van der Waals surface area (Å²) in [7, 11) is 0. The first-order valence-electron chi connectivity index (χ1n) is 7.60. The monoisotopic (exact) mass is 348 g/mol. The van der Waals surface area contributed by atoms with Gasteiger partial charge in [0.1, 0.15) is 12.1 Å². The van der Waals surface area contributed by atoms with E-state index < -0.39 is 0 Å². The molecular formula is C16H26Cl2N2O2. The lowest BCUT2D eigenvalue weighted by molar-refractivity contribution is -0.761. The van der Waals surface area contributed by atoms with E-state index in [9.17, 15) is 4.79 Å². The van der Waals surface area contributed by atoms with E-state index in [2.05, 4.69) is 41.8 Å². The predicted molar refractivity (Wildman–Crippen MR) is 77.0 cm³/mol. The summed E-state index contributed by atoms with van der Waals surface area (Å²) in [6, 6.07) is 11.2. The minimum Gasteiger partial charge on any atom is -1.00 e. The third-order valence-corrected chi connectivity index (χ3v) is 4.09. The van der Waals surface area contributed by atoms with Gasteiger partial charge in [0.25, 0.3) is 0 Å². The van der Waals surface area contributed by atoms with Gasteiger partial charge in [-0.25, -0.2) is 0 Å². The van der Waals surface area contributed by atoms with Crippen molar-refractivity contribution < 1.29 is 45.0 Å². The fourth-order valence-corrected chi connectivity index (χ4v) is 2.97. The Labute approximate surface area is 145 Å². The zero-order valence-corrected chi connectivity index (χ0v) is 14.7. The van der Waals surface area contributed by atoms with Crippen LogP contribution in [0.3, 0.4) is 0 Å². The first-order valence-corrected chi connectivity index (χ1v) is 7.60. The molecule has 4 nitrogen and oxygen atoms in total. The van der Waals surface area contributed by atoms with E-state index in [0.717, 1.165) is 19.5 Å². The molecule has 1 fully saturated rings. The van der Waals surface area contributed by atoms with Crippen molar-refractivity contribution in [3.63, 3.8) is 0 Å². The summed E-state index contributed by atoms with van der Waals surface area (Å²) in [6.07, 6.45) is 1.06. The number of nitrogens with two attached hydrogens (primary N) is 2. The molecule has 1 aliphatic rings. The first kappa shape index (κ1) is 21.2. The maximum Gasteiger partial charge on any atom is 0.320 e. The second kappa shape index (κ2) is 10.8. The lowest BCUT2D eigenvalue weighted by Gasteiger charge is -2.28. The molecule has 3 atom stereocenters. The standard InChI is InChI=1S/C16H24N2O2.2ClH/c1-3-20-16(19)14-11-17-10-9-15(14)18-12(2)13-7-5-4-6-8-13;;/h4-8,12,14-15,17-18H,3,9-11H2,1-2H3;2*1H/t12-,14-,15-;;/m0../s1. The largest absolute Gasteiger partial charge is 1.00 e. The Morgan fingerprint density at radius 3 is 2.68 bits per heavy atom. The highest BCUT2D eigenvalue weighted by Gasteiger charge is 2.38. The van der Waals surface area contributed by atoms with Crippen LogP contribution in [-0.2, 0) is 9.53 Å². The topological polar surface area (TPSA) is 59.5 Å². The van der Waals surface area contributed by atoms with Gasteiger partial charge in [-0.2, -0.15) is 0 Å². The van der Waals surface area contributed by atoms with Gasteiger partial charge in [-0.15, -0.1) is 0 Å². The first-order chi connectivity index (χ1) is 9.72. The Balaban J connectivity index is 0.00000220. The number of carbonyl (C=O) groups is 1. The van der Waals surface area contributed by atoms with Crippen LogP contribution in [0.2, 0.25) is 0 Å². The normalized spacial score (nSPS) is 21.9.